The number of hydrogen-bond acceptors (Lipinski definition) is 3. The molecule has 1 saturated heterocycles. The predicted molar refractivity (Wildman–Crippen MR) is 63.8 cm³/mol. The SMILES string of the molecule is O=[N+]([O-])c1cccc(N2CCC(=C(F)F)CC2)c1. The Balaban J connectivity index is 2.12. The zero-order valence-electron chi connectivity index (χ0n) is 9.60. The lowest BCUT2D eigenvalue weighted by atomic mass is 10.0. The molecule has 96 valence electrons. The summed E-state index contributed by atoms with van der Waals surface area (Å²) in [7, 11) is 0. The first kappa shape index (κ1) is 12.5. The van der Waals surface area contributed by atoms with E-state index in [0.717, 1.165) is 0 Å². The van der Waals surface area contributed by atoms with Crippen LogP contribution in [0.3, 0.4) is 0 Å². The van der Waals surface area contributed by atoms with Gasteiger partial charge in [0.05, 0.1) is 4.92 Å². The molecule has 2 rings (SSSR count). The van der Waals surface area contributed by atoms with E-state index in [1.165, 1.54) is 12.1 Å². The first-order chi connectivity index (χ1) is 8.58. The second kappa shape index (κ2) is 5.12. The van der Waals surface area contributed by atoms with Crippen molar-refractivity contribution in [1.29, 1.82) is 0 Å². The Morgan fingerprint density at radius 2 is 1.94 bits per heavy atom. The molecule has 1 aromatic rings. The maximum Gasteiger partial charge on any atom is 0.271 e. The Kier molecular flexibility index (Phi) is 3.55. The van der Waals surface area contributed by atoms with E-state index in [9.17, 15) is 18.9 Å². The highest BCUT2D eigenvalue weighted by Crippen LogP contribution is 2.27. The Morgan fingerprint density at radius 1 is 1.28 bits per heavy atom. The van der Waals surface area contributed by atoms with Gasteiger partial charge in [0.1, 0.15) is 0 Å². The van der Waals surface area contributed by atoms with Gasteiger partial charge < -0.3 is 4.90 Å². The fraction of sp³-hybridized carbons (Fsp3) is 0.333. The minimum atomic E-state index is -1.59. The highest BCUT2D eigenvalue weighted by molar-refractivity contribution is 5.53. The van der Waals surface area contributed by atoms with Crippen LogP contribution in [-0.4, -0.2) is 18.0 Å². The number of nitro groups is 1. The molecule has 0 aromatic heterocycles. The summed E-state index contributed by atoms with van der Waals surface area (Å²) in [6.07, 6.45) is -0.968. The molecular formula is C12H12F2N2O2. The van der Waals surface area contributed by atoms with Gasteiger partial charge in [-0.25, -0.2) is 0 Å². The average Bonchev–Trinajstić information content (AvgIpc) is 2.39. The van der Waals surface area contributed by atoms with Crippen molar-refractivity contribution >= 4 is 11.4 Å². The van der Waals surface area contributed by atoms with Crippen LogP contribution in [0.15, 0.2) is 35.9 Å². The van der Waals surface area contributed by atoms with Crippen LogP contribution in [0.25, 0.3) is 0 Å². The Labute approximate surface area is 103 Å². The molecule has 1 heterocycles. The van der Waals surface area contributed by atoms with Crippen LogP contribution < -0.4 is 4.90 Å². The Hall–Kier alpha value is -1.98. The van der Waals surface area contributed by atoms with Crippen molar-refractivity contribution in [2.24, 2.45) is 0 Å². The van der Waals surface area contributed by atoms with Gasteiger partial charge in [0.25, 0.3) is 11.8 Å². The van der Waals surface area contributed by atoms with E-state index < -0.39 is 11.0 Å². The number of nitro benzene ring substituents is 1. The van der Waals surface area contributed by atoms with Crippen LogP contribution in [-0.2, 0) is 0 Å². The van der Waals surface area contributed by atoms with Crippen molar-refractivity contribution in [3.63, 3.8) is 0 Å². The monoisotopic (exact) mass is 254 g/mol. The minimum Gasteiger partial charge on any atom is -0.371 e. The fourth-order valence-electron chi connectivity index (χ4n) is 2.03. The summed E-state index contributed by atoms with van der Waals surface area (Å²) in [4.78, 5) is 12.1. The highest BCUT2D eigenvalue weighted by Gasteiger charge is 2.19. The van der Waals surface area contributed by atoms with E-state index in [1.807, 2.05) is 4.90 Å². The van der Waals surface area contributed by atoms with E-state index in [1.54, 1.807) is 12.1 Å². The molecule has 0 unspecified atom stereocenters. The number of nitrogens with zero attached hydrogens (tertiary/aromatic N) is 2. The number of anilines is 1. The molecule has 0 N–H and O–H groups in total. The van der Waals surface area contributed by atoms with Gasteiger partial charge in [-0.3, -0.25) is 10.1 Å². The lowest BCUT2D eigenvalue weighted by Crippen LogP contribution is -2.30. The molecule has 0 amide bonds. The molecule has 1 aromatic carbocycles. The molecule has 4 nitrogen and oxygen atoms in total. The maximum atomic E-state index is 12.4. The van der Waals surface area contributed by atoms with Crippen LogP contribution in [0.5, 0.6) is 0 Å². The standard InChI is InChI=1S/C12H12F2N2O2/c13-12(14)9-4-6-15(7-5-9)10-2-1-3-11(8-10)16(17)18/h1-3,8H,4-7H2. The molecule has 0 aliphatic carbocycles. The molecule has 0 atom stereocenters. The van der Waals surface area contributed by atoms with E-state index in [2.05, 4.69) is 0 Å². The maximum absolute atomic E-state index is 12.4. The number of hydrogen-bond donors (Lipinski definition) is 0. The summed E-state index contributed by atoms with van der Waals surface area (Å²) >= 11 is 0. The highest BCUT2D eigenvalue weighted by atomic mass is 19.3. The van der Waals surface area contributed by atoms with Gasteiger partial charge in [0.2, 0.25) is 0 Å². The van der Waals surface area contributed by atoms with Crippen molar-refractivity contribution < 1.29 is 13.7 Å². The van der Waals surface area contributed by atoms with Crippen molar-refractivity contribution in [2.75, 3.05) is 18.0 Å². The third kappa shape index (κ3) is 2.64. The zero-order chi connectivity index (χ0) is 13.1. The fourth-order valence-corrected chi connectivity index (χ4v) is 2.03. The van der Waals surface area contributed by atoms with Crippen molar-refractivity contribution in [3.8, 4) is 0 Å². The smallest absolute Gasteiger partial charge is 0.271 e. The van der Waals surface area contributed by atoms with Gasteiger partial charge in [-0.1, -0.05) is 6.07 Å². The largest absolute Gasteiger partial charge is 0.371 e. The van der Waals surface area contributed by atoms with E-state index in [0.29, 0.717) is 31.6 Å². The molecule has 0 spiro atoms. The topological polar surface area (TPSA) is 46.4 Å². The van der Waals surface area contributed by atoms with Crippen LogP contribution in [0, 0.1) is 10.1 Å². The molecule has 1 fully saturated rings. The number of piperidine rings is 1. The summed E-state index contributed by atoms with van der Waals surface area (Å²) in [5, 5.41) is 10.7. The zero-order valence-corrected chi connectivity index (χ0v) is 9.60. The first-order valence-corrected chi connectivity index (χ1v) is 5.60. The van der Waals surface area contributed by atoms with Crippen molar-refractivity contribution in [2.45, 2.75) is 12.8 Å². The van der Waals surface area contributed by atoms with Gasteiger partial charge >= 0.3 is 0 Å². The third-order valence-electron chi connectivity index (χ3n) is 3.04. The van der Waals surface area contributed by atoms with Crippen LogP contribution in [0.4, 0.5) is 20.2 Å². The molecular weight excluding hydrogens is 242 g/mol. The van der Waals surface area contributed by atoms with Crippen molar-refractivity contribution in [1.82, 2.24) is 0 Å². The number of halogens is 2. The van der Waals surface area contributed by atoms with Crippen LogP contribution in [0.2, 0.25) is 0 Å². The lowest BCUT2D eigenvalue weighted by molar-refractivity contribution is -0.384. The summed E-state index contributed by atoms with van der Waals surface area (Å²) in [5.41, 5.74) is 0.921. The number of rotatable bonds is 2. The predicted octanol–water partition coefficient (Wildman–Crippen LogP) is 3.35. The van der Waals surface area contributed by atoms with E-state index >= 15 is 0 Å². The van der Waals surface area contributed by atoms with Crippen LogP contribution in [0.1, 0.15) is 12.8 Å². The van der Waals surface area contributed by atoms with Gasteiger partial charge in [-0.15, -0.1) is 0 Å². The summed E-state index contributed by atoms with van der Waals surface area (Å²) in [5.74, 6) is 0. The second-order valence-corrected chi connectivity index (χ2v) is 4.13. The quantitative estimate of drug-likeness (QED) is 0.600. The van der Waals surface area contributed by atoms with Gasteiger partial charge in [-0.2, -0.15) is 8.78 Å². The molecule has 6 heteroatoms. The summed E-state index contributed by atoms with van der Waals surface area (Å²) < 4.78 is 24.8. The van der Waals surface area contributed by atoms with Crippen molar-refractivity contribution in [3.05, 3.63) is 46.0 Å². The Bertz CT molecular complexity index is 489. The normalized spacial score (nSPS) is 15.7. The molecule has 0 bridgehead atoms. The third-order valence-corrected chi connectivity index (χ3v) is 3.04. The number of benzene rings is 1. The van der Waals surface area contributed by atoms with E-state index in [-0.39, 0.29) is 11.3 Å². The summed E-state index contributed by atoms with van der Waals surface area (Å²) in [6, 6.07) is 6.25. The molecule has 0 saturated carbocycles. The number of non-ortho nitro benzene ring substituents is 1. The van der Waals surface area contributed by atoms with Gasteiger partial charge in [0, 0.05) is 30.9 Å². The lowest BCUT2D eigenvalue weighted by Gasteiger charge is -2.29. The molecule has 18 heavy (non-hydrogen) atoms. The van der Waals surface area contributed by atoms with E-state index in [4.69, 9.17) is 0 Å². The summed E-state index contributed by atoms with van der Waals surface area (Å²) in [6.45, 7) is 0.932. The molecule has 1 aliphatic heterocycles. The minimum absolute atomic E-state index is 0.0190. The molecule has 1 aliphatic rings. The van der Waals surface area contributed by atoms with Crippen LogP contribution >= 0.6 is 0 Å². The van der Waals surface area contributed by atoms with Gasteiger partial charge in [-0.05, 0) is 24.5 Å². The molecule has 0 radical (unpaired) electrons. The van der Waals surface area contributed by atoms with Gasteiger partial charge in [0.15, 0.2) is 0 Å². The first-order valence-electron chi connectivity index (χ1n) is 5.60. The average molecular weight is 254 g/mol. The second-order valence-electron chi connectivity index (χ2n) is 4.13. The Morgan fingerprint density at radius 3 is 2.50 bits per heavy atom.